The number of nitrogens with zero attached hydrogens (tertiary/aromatic N) is 4. The molecule has 1 aromatic heterocycles. The lowest BCUT2D eigenvalue weighted by Gasteiger charge is -2.26. The van der Waals surface area contributed by atoms with Gasteiger partial charge in [-0.2, -0.15) is 4.98 Å². The summed E-state index contributed by atoms with van der Waals surface area (Å²) < 4.78 is 0. The summed E-state index contributed by atoms with van der Waals surface area (Å²) in [5.41, 5.74) is 3.35. The summed E-state index contributed by atoms with van der Waals surface area (Å²) in [6, 6.07) is 23.0. The number of benzene rings is 2. The lowest BCUT2D eigenvalue weighted by Crippen LogP contribution is -2.26. The van der Waals surface area contributed by atoms with E-state index in [0.29, 0.717) is 0 Å². The van der Waals surface area contributed by atoms with Crippen molar-refractivity contribution in [2.75, 3.05) is 22.9 Å². The van der Waals surface area contributed by atoms with Crippen molar-refractivity contribution in [2.24, 2.45) is 0 Å². The maximum atomic E-state index is 4.89. The van der Waals surface area contributed by atoms with E-state index in [2.05, 4.69) is 83.2 Å². The van der Waals surface area contributed by atoms with Crippen LogP contribution in [0.25, 0.3) is 0 Å². The van der Waals surface area contributed by atoms with Crippen molar-refractivity contribution >= 4 is 17.5 Å². The van der Waals surface area contributed by atoms with Crippen molar-refractivity contribution < 1.29 is 0 Å². The fourth-order valence-electron chi connectivity index (χ4n) is 3.00. The topological polar surface area (TPSA) is 32.3 Å². The molecule has 3 aromatic rings. The molecule has 0 spiro atoms. The second-order valence-electron chi connectivity index (χ2n) is 6.25. The number of hydrogen-bond acceptors (Lipinski definition) is 4. The second-order valence-corrected chi connectivity index (χ2v) is 6.25. The highest BCUT2D eigenvalue weighted by Gasteiger charge is 2.15. The molecule has 2 aromatic carbocycles. The molecule has 26 heavy (non-hydrogen) atoms. The van der Waals surface area contributed by atoms with E-state index >= 15 is 0 Å². The van der Waals surface area contributed by atoms with E-state index in [-0.39, 0.29) is 0 Å². The van der Waals surface area contributed by atoms with Gasteiger partial charge in [0.2, 0.25) is 5.95 Å². The van der Waals surface area contributed by atoms with Crippen molar-refractivity contribution in [3.63, 3.8) is 0 Å². The summed E-state index contributed by atoms with van der Waals surface area (Å²) in [5.74, 6) is 1.72. The van der Waals surface area contributed by atoms with E-state index in [1.165, 1.54) is 5.56 Å². The smallest absolute Gasteiger partial charge is 0.227 e. The maximum absolute atomic E-state index is 4.89. The van der Waals surface area contributed by atoms with Crippen LogP contribution in [0.4, 0.5) is 17.5 Å². The van der Waals surface area contributed by atoms with Crippen molar-refractivity contribution in [3.05, 3.63) is 78.0 Å². The second kappa shape index (κ2) is 8.48. The largest absolute Gasteiger partial charge is 0.341 e. The molecule has 4 heteroatoms. The van der Waals surface area contributed by atoms with Gasteiger partial charge in [0, 0.05) is 37.1 Å². The lowest BCUT2D eigenvalue weighted by molar-refractivity contribution is 0.809. The Morgan fingerprint density at radius 2 is 1.42 bits per heavy atom. The Balaban J connectivity index is 2.04. The highest BCUT2D eigenvalue weighted by Crippen LogP contribution is 2.27. The standard InChI is InChI=1S/C22H26N4/c1-4-25(5-2)22-23-18(3)16-21(24-22)26(20-14-10-7-11-15-20)17-19-12-8-6-9-13-19/h6-16H,4-5,17H2,1-3H3. The van der Waals surface area contributed by atoms with Crippen LogP contribution in [0.15, 0.2) is 66.7 Å². The van der Waals surface area contributed by atoms with Crippen LogP contribution in [0.1, 0.15) is 25.1 Å². The molecule has 0 radical (unpaired) electrons. The molecule has 0 amide bonds. The fourth-order valence-corrected chi connectivity index (χ4v) is 3.00. The zero-order valence-corrected chi connectivity index (χ0v) is 15.8. The van der Waals surface area contributed by atoms with Crippen LogP contribution in [0, 0.1) is 6.92 Å². The number of para-hydroxylation sites is 1. The molecule has 0 saturated carbocycles. The van der Waals surface area contributed by atoms with Gasteiger partial charge in [-0.3, -0.25) is 0 Å². The van der Waals surface area contributed by atoms with Gasteiger partial charge in [-0.25, -0.2) is 4.98 Å². The van der Waals surface area contributed by atoms with Crippen molar-refractivity contribution in [2.45, 2.75) is 27.3 Å². The van der Waals surface area contributed by atoms with E-state index in [0.717, 1.165) is 42.8 Å². The van der Waals surface area contributed by atoms with E-state index in [1.807, 2.05) is 19.1 Å². The van der Waals surface area contributed by atoms with Crippen LogP contribution in [0.3, 0.4) is 0 Å². The van der Waals surface area contributed by atoms with E-state index in [4.69, 9.17) is 4.98 Å². The first-order valence-corrected chi connectivity index (χ1v) is 9.18. The zero-order valence-electron chi connectivity index (χ0n) is 15.8. The summed E-state index contributed by atoms with van der Waals surface area (Å²) in [6.45, 7) is 8.84. The summed E-state index contributed by atoms with van der Waals surface area (Å²) >= 11 is 0. The molecule has 0 unspecified atom stereocenters. The average molecular weight is 346 g/mol. The Morgan fingerprint density at radius 3 is 2.04 bits per heavy atom. The van der Waals surface area contributed by atoms with E-state index in [1.54, 1.807) is 0 Å². The van der Waals surface area contributed by atoms with Gasteiger partial charge >= 0.3 is 0 Å². The number of rotatable bonds is 7. The van der Waals surface area contributed by atoms with Crippen LogP contribution in [0.2, 0.25) is 0 Å². The van der Waals surface area contributed by atoms with Crippen molar-refractivity contribution in [3.8, 4) is 0 Å². The Hall–Kier alpha value is -2.88. The van der Waals surface area contributed by atoms with Crippen LogP contribution in [-0.4, -0.2) is 23.1 Å². The number of aryl methyl sites for hydroxylation is 1. The first-order valence-electron chi connectivity index (χ1n) is 9.18. The van der Waals surface area contributed by atoms with Gasteiger partial charge in [0.25, 0.3) is 0 Å². The molecule has 0 atom stereocenters. The molecule has 0 N–H and O–H groups in total. The summed E-state index contributed by atoms with van der Waals surface area (Å²) in [4.78, 5) is 14.0. The molecule has 134 valence electrons. The third-order valence-corrected chi connectivity index (χ3v) is 4.40. The van der Waals surface area contributed by atoms with Gasteiger partial charge < -0.3 is 9.80 Å². The predicted molar refractivity (Wildman–Crippen MR) is 109 cm³/mol. The molecule has 4 nitrogen and oxygen atoms in total. The lowest BCUT2D eigenvalue weighted by atomic mass is 10.2. The number of anilines is 3. The van der Waals surface area contributed by atoms with Crippen molar-refractivity contribution in [1.82, 2.24) is 9.97 Å². The SMILES string of the molecule is CCN(CC)c1nc(C)cc(N(Cc2ccccc2)c2ccccc2)n1. The summed E-state index contributed by atoms with van der Waals surface area (Å²) in [6.07, 6.45) is 0. The van der Waals surface area contributed by atoms with Gasteiger partial charge in [-0.05, 0) is 38.5 Å². The Kier molecular flexibility index (Phi) is 5.84. The van der Waals surface area contributed by atoms with E-state index in [9.17, 15) is 0 Å². The number of aromatic nitrogens is 2. The highest BCUT2D eigenvalue weighted by molar-refractivity contribution is 5.61. The van der Waals surface area contributed by atoms with Crippen LogP contribution in [-0.2, 0) is 6.54 Å². The third kappa shape index (κ3) is 4.20. The fraction of sp³-hybridized carbons (Fsp3) is 0.273. The van der Waals surface area contributed by atoms with Gasteiger partial charge in [0.15, 0.2) is 0 Å². The zero-order chi connectivity index (χ0) is 18.4. The van der Waals surface area contributed by atoms with Gasteiger partial charge in [-0.15, -0.1) is 0 Å². The van der Waals surface area contributed by atoms with Gasteiger partial charge in [0.1, 0.15) is 5.82 Å². The molecule has 0 saturated heterocycles. The quantitative estimate of drug-likeness (QED) is 0.604. The Bertz CT molecular complexity index is 814. The monoisotopic (exact) mass is 346 g/mol. The number of hydrogen-bond donors (Lipinski definition) is 0. The molecule has 0 aliphatic carbocycles. The van der Waals surface area contributed by atoms with Gasteiger partial charge in [-0.1, -0.05) is 48.5 Å². The molecule has 0 aliphatic heterocycles. The molecule has 0 aliphatic rings. The first-order chi connectivity index (χ1) is 12.7. The predicted octanol–water partition coefficient (Wildman–Crippen LogP) is 4.97. The Morgan fingerprint density at radius 1 is 0.808 bits per heavy atom. The first kappa shape index (κ1) is 17.9. The summed E-state index contributed by atoms with van der Waals surface area (Å²) in [5, 5.41) is 0. The van der Waals surface area contributed by atoms with Crippen LogP contribution < -0.4 is 9.80 Å². The normalized spacial score (nSPS) is 10.6. The minimum Gasteiger partial charge on any atom is -0.341 e. The van der Waals surface area contributed by atoms with E-state index < -0.39 is 0 Å². The van der Waals surface area contributed by atoms with Crippen LogP contribution >= 0.6 is 0 Å². The maximum Gasteiger partial charge on any atom is 0.227 e. The molecular weight excluding hydrogens is 320 g/mol. The molecule has 3 rings (SSSR count). The molecule has 0 bridgehead atoms. The van der Waals surface area contributed by atoms with Crippen molar-refractivity contribution in [1.29, 1.82) is 0 Å². The van der Waals surface area contributed by atoms with Crippen LogP contribution in [0.5, 0.6) is 0 Å². The summed E-state index contributed by atoms with van der Waals surface area (Å²) in [7, 11) is 0. The Labute approximate surface area is 156 Å². The van der Waals surface area contributed by atoms with Gasteiger partial charge in [0.05, 0.1) is 0 Å². The highest BCUT2D eigenvalue weighted by atomic mass is 15.3. The average Bonchev–Trinajstić information content (AvgIpc) is 2.68. The molecule has 0 fully saturated rings. The minimum atomic E-state index is 0.763. The minimum absolute atomic E-state index is 0.763. The molecular formula is C22H26N4. The third-order valence-electron chi connectivity index (χ3n) is 4.40. The molecule has 1 heterocycles.